The second-order valence-corrected chi connectivity index (χ2v) is 14.5. The lowest BCUT2D eigenvalue weighted by Gasteiger charge is -2.43. The summed E-state index contributed by atoms with van der Waals surface area (Å²) in [6, 6.07) is 9.00. The van der Waals surface area contributed by atoms with Crippen molar-refractivity contribution < 1.29 is 4.74 Å². The van der Waals surface area contributed by atoms with E-state index in [0.29, 0.717) is 23.4 Å². The van der Waals surface area contributed by atoms with E-state index >= 15 is 0 Å². The number of ether oxygens (including phenoxy) is 1. The van der Waals surface area contributed by atoms with E-state index in [0.717, 1.165) is 66.1 Å². The van der Waals surface area contributed by atoms with Crippen LogP contribution in [-0.2, 0) is 6.42 Å². The summed E-state index contributed by atoms with van der Waals surface area (Å²) >= 11 is 0. The number of anilines is 5. The third kappa shape index (κ3) is 6.73. The van der Waals surface area contributed by atoms with Gasteiger partial charge in [0, 0.05) is 80.4 Å². The number of nitrogens with zero attached hydrogens (tertiary/aromatic N) is 7. The maximum absolute atomic E-state index is 5.91. The zero-order chi connectivity index (χ0) is 32.2. The fourth-order valence-electron chi connectivity index (χ4n) is 6.58. The molecular weight excluding hydrogens is 593 g/mol. The Balaban J connectivity index is 1.23. The van der Waals surface area contributed by atoms with E-state index in [9.17, 15) is 0 Å². The molecule has 240 valence electrons. The summed E-state index contributed by atoms with van der Waals surface area (Å²) in [4.78, 5) is 26.2. The summed E-state index contributed by atoms with van der Waals surface area (Å²) in [6.07, 6.45) is 14.3. The van der Waals surface area contributed by atoms with E-state index in [4.69, 9.17) is 16.1 Å². The number of rotatable bonds is 9. The third-order valence-electron chi connectivity index (χ3n) is 9.15. The summed E-state index contributed by atoms with van der Waals surface area (Å²) in [5.41, 5.74) is 6.57. The molecule has 46 heavy (non-hydrogen) atoms. The van der Waals surface area contributed by atoms with Gasteiger partial charge in [0.2, 0.25) is 5.95 Å². The van der Waals surface area contributed by atoms with Crippen molar-refractivity contribution in [3.8, 4) is 18.1 Å². The predicted molar refractivity (Wildman–Crippen MR) is 191 cm³/mol. The highest BCUT2D eigenvalue weighted by Crippen LogP contribution is 2.38. The number of hydrogen-bond acceptors (Lipinski definition) is 10. The van der Waals surface area contributed by atoms with E-state index < -0.39 is 7.92 Å². The van der Waals surface area contributed by atoms with Gasteiger partial charge in [0.1, 0.15) is 5.75 Å². The first-order valence-corrected chi connectivity index (χ1v) is 18.3. The smallest absolute Gasteiger partial charge is 0.229 e. The van der Waals surface area contributed by atoms with Crippen LogP contribution in [0.15, 0.2) is 42.9 Å². The molecule has 4 aromatic rings. The SMILES string of the molecule is C#Cc1cnc(Nc2cc(CC)c(N3CCC(N4CCN(C)CC4)CC3)cc2OC)nc1Nc1ccc2nccnc2c1P(C)C. The minimum Gasteiger partial charge on any atom is -0.494 e. The highest BCUT2D eigenvalue weighted by atomic mass is 31.1. The van der Waals surface area contributed by atoms with Crippen LogP contribution in [0.2, 0.25) is 0 Å². The molecule has 2 aliphatic rings. The number of likely N-dealkylation sites (N-methyl/N-ethyl adjacent to an activating group) is 1. The van der Waals surface area contributed by atoms with Gasteiger partial charge in [0.25, 0.3) is 0 Å². The van der Waals surface area contributed by atoms with Crippen LogP contribution in [-0.4, -0.2) is 103 Å². The topological polar surface area (TPSA) is 94.6 Å². The predicted octanol–water partition coefficient (Wildman–Crippen LogP) is 5.04. The molecule has 0 amide bonds. The number of hydrogen-bond donors (Lipinski definition) is 2. The van der Waals surface area contributed by atoms with Crippen LogP contribution in [0.1, 0.15) is 30.9 Å². The Morgan fingerprint density at radius 2 is 1.74 bits per heavy atom. The van der Waals surface area contributed by atoms with E-state index in [2.05, 4.69) is 85.6 Å². The fraction of sp³-hybridized carbons (Fsp3) is 0.429. The Morgan fingerprint density at radius 3 is 2.43 bits per heavy atom. The molecule has 6 rings (SSSR count). The molecule has 0 spiro atoms. The Morgan fingerprint density at radius 1 is 0.978 bits per heavy atom. The molecule has 2 saturated heterocycles. The number of methoxy groups -OCH3 is 1. The average Bonchev–Trinajstić information content (AvgIpc) is 3.08. The van der Waals surface area contributed by atoms with Crippen molar-refractivity contribution in [1.82, 2.24) is 29.7 Å². The fourth-order valence-corrected chi connectivity index (χ4v) is 7.79. The number of terminal acetylenes is 1. The molecule has 2 N–H and O–H groups in total. The summed E-state index contributed by atoms with van der Waals surface area (Å²) in [5, 5.41) is 8.04. The number of piperazine rings is 1. The van der Waals surface area contributed by atoms with Gasteiger partial charge in [-0.3, -0.25) is 14.9 Å². The summed E-state index contributed by atoms with van der Waals surface area (Å²) in [6.45, 7) is 13.4. The van der Waals surface area contributed by atoms with Crippen LogP contribution >= 0.6 is 7.92 Å². The molecule has 4 heterocycles. The van der Waals surface area contributed by atoms with Crippen LogP contribution in [0, 0.1) is 12.3 Å². The normalized spacial score (nSPS) is 16.5. The molecule has 0 unspecified atom stereocenters. The minimum absolute atomic E-state index is 0.431. The standard InChI is InChI=1S/C35H44N9OP/c1-7-24-21-29(31(45-4)22-30(24)44-15-11-26(12-16-44)43-19-17-42(3)18-20-43)40-35-38-23-25(8-2)34(41-35)39-28-10-9-27-32(33(28)46(5)6)37-14-13-36-27/h2,9-10,13-14,21-23,26H,7,11-12,15-20H2,1,3-6H3,(H2,38,39,40,41). The number of fused-ring (bicyclic) bond motifs is 1. The Bertz CT molecular complexity index is 1720. The minimum atomic E-state index is -0.503. The summed E-state index contributed by atoms with van der Waals surface area (Å²) in [5.74, 6) is 4.47. The van der Waals surface area contributed by atoms with Crippen molar-refractivity contribution in [2.75, 3.05) is 82.3 Å². The van der Waals surface area contributed by atoms with Gasteiger partial charge in [-0.15, -0.1) is 6.42 Å². The number of aromatic nitrogens is 4. The molecule has 0 atom stereocenters. The van der Waals surface area contributed by atoms with Crippen LogP contribution in [0.4, 0.5) is 28.8 Å². The Labute approximate surface area is 273 Å². The van der Waals surface area contributed by atoms with Gasteiger partial charge in [-0.2, -0.15) is 4.98 Å². The largest absolute Gasteiger partial charge is 0.494 e. The van der Waals surface area contributed by atoms with Crippen molar-refractivity contribution in [3.63, 3.8) is 0 Å². The molecular formula is C35H44N9OP. The van der Waals surface area contributed by atoms with E-state index in [1.54, 1.807) is 25.7 Å². The second-order valence-electron chi connectivity index (χ2n) is 12.2. The van der Waals surface area contributed by atoms with Gasteiger partial charge in [-0.25, -0.2) is 4.98 Å². The van der Waals surface area contributed by atoms with Gasteiger partial charge in [-0.05, 0) is 63.4 Å². The Hall–Kier alpha value is -4.03. The lowest BCUT2D eigenvalue weighted by molar-refractivity contribution is 0.0982. The molecule has 10 nitrogen and oxygen atoms in total. The van der Waals surface area contributed by atoms with Crippen LogP contribution in [0.25, 0.3) is 11.0 Å². The third-order valence-corrected chi connectivity index (χ3v) is 10.5. The molecule has 2 aliphatic heterocycles. The molecule has 2 aromatic carbocycles. The van der Waals surface area contributed by atoms with Crippen molar-refractivity contribution in [2.24, 2.45) is 0 Å². The van der Waals surface area contributed by atoms with Gasteiger partial charge in [-0.1, -0.05) is 20.8 Å². The van der Waals surface area contributed by atoms with Crippen molar-refractivity contribution in [3.05, 3.63) is 54.0 Å². The first-order chi connectivity index (χ1) is 22.4. The monoisotopic (exact) mass is 637 g/mol. The van der Waals surface area contributed by atoms with Crippen LogP contribution in [0.5, 0.6) is 5.75 Å². The maximum Gasteiger partial charge on any atom is 0.229 e. The summed E-state index contributed by atoms with van der Waals surface area (Å²) < 4.78 is 5.91. The number of piperidine rings is 1. The summed E-state index contributed by atoms with van der Waals surface area (Å²) in [7, 11) is 3.43. The maximum atomic E-state index is 5.91. The van der Waals surface area contributed by atoms with Gasteiger partial charge < -0.3 is 25.2 Å². The number of nitrogens with one attached hydrogen (secondary N) is 2. The van der Waals surface area contributed by atoms with E-state index in [1.165, 1.54) is 37.2 Å². The molecule has 0 aliphatic carbocycles. The van der Waals surface area contributed by atoms with Gasteiger partial charge in [0.05, 0.1) is 35.6 Å². The van der Waals surface area contributed by atoms with Crippen molar-refractivity contribution >= 4 is 53.1 Å². The van der Waals surface area contributed by atoms with E-state index in [1.807, 2.05) is 12.1 Å². The molecule has 0 saturated carbocycles. The lowest BCUT2D eigenvalue weighted by atomic mass is 9.99. The molecule has 11 heteroatoms. The molecule has 2 aromatic heterocycles. The van der Waals surface area contributed by atoms with Crippen LogP contribution < -0.4 is 25.6 Å². The Kier molecular flexibility index (Phi) is 9.83. The van der Waals surface area contributed by atoms with Crippen molar-refractivity contribution in [2.45, 2.75) is 32.2 Å². The van der Waals surface area contributed by atoms with E-state index in [-0.39, 0.29) is 0 Å². The zero-order valence-corrected chi connectivity index (χ0v) is 28.4. The molecule has 0 bridgehead atoms. The quantitative estimate of drug-likeness (QED) is 0.192. The number of aryl methyl sites for hydroxylation is 1. The lowest BCUT2D eigenvalue weighted by Crippen LogP contribution is -2.52. The first kappa shape index (κ1) is 31.9. The molecule has 0 radical (unpaired) electrons. The highest BCUT2D eigenvalue weighted by molar-refractivity contribution is 7.65. The number of benzene rings is 2. The highest BCUT2D eigenvalue weighted by Gasteiger charge is 2.28. The zero-order valence-electron chi connectivity index (χ0n) is 27.5. The van der Waals surface area contributed by atoms with Gasteiger partial charge >= 0.3 is 0 Å². The van der Waals surface area contributed by atoms with Gasteiger partial charge in [0.15, 0.2) is 5.82 Å². The van der Waals surface area contributed by atoms with Crippen molar-refractivity contribution in [1.29, 1.82) is 0 Å². The second kappa shape index (κ2) is 14.2. The molecule has 2 fully saturated rings. The van der Waals surface area contributed by atoms with Crippen LogP contribution in [0.3, 0.4) is 0 Å². The average molecular weight is 638 g/mol. The first-order valence-electron chi connectivity index (χ1n) is 16.1.